The molecule has 1 amide bonds. The van der Waals surface area contributed by atoms with Gasteiger partial charge >= 0.3 is 0 Å². The van der Waals surface area contributed by atoms with Crippen molar-refractivity contribution in [1.82, 2.24) is 0 Å². The van der Waals surface area contributed by atoms with Crippen LogP contribution in [0, 0.1) is 0 Å². The van der Waals surface area contributed by atoms with Crippen LogP contribution in [-0.4, -0.2) is 13.0 Å². The first-order valence-corrected chi connectivity index (χ1v) is 6.50. The zero-order valence-corrected chi connectivity index (χ0v) is 11.9. The van der Waals surface area contributed by atoms with Gasteiger partial charge in [0.15, 0.2) is 0 Å². The molecule has 0 fully saturated rings. The van der Waals surface area contributed by atoms with Crippen LogP contribution in [0.5, 0.6) is 0 Å². The molecule has 0 bridgehead atoms. The van der Waals surface area contributed by atoms with Gasteiger partial charge in [-0.2, -0.15) is 0 Å². The van der Waals surface area contributed by atoms with E-state index in [0.29, 0.717) is 22.8 Å². The Morgan fingerprint density at radius 2 is 1.95 bits per heavy atom. The smallest absolute Gasteiger partial charge is 0.250 e. The molecular formula is C15H16ClN3O. The summed E-state index contributed by atoms with van der Waals surface area (Å²) in [6, 6.07) is 12.7. The quantitative estimate of drug-likeness (QED) is 0.850. The molecule has 2 aromatic rings. The van der Waals surface area contributed by atoms with E-state index in [2.05, 4.69) is 0 Å². The van der Waals surface area contributed by atoms with Gasteiger partial charge in [-0.25, -0.2) is 0 Å². The van der Waals surface area contributed by atoms with Crippen LogP contribution >= 0.6 is 11.6 Å². The van der Waals surface area contributed by atoms with Crippen molar-refractivity contribution in [3.63, 3.8) is 0 Å². The fourth-order valence-corrected chi connectivity index (χ4v) is 2.25. The fraction of sp³-hybridized carbons (Fsp3) is 0.133. The Morgan fingerprint density at radius 3 is 2.60 bits per heavy atom. The second-order valence-electron chi connectivity index (χ2n) is 4.59. The molecule has 2 rings (SSSR count). The minimum atomic E-state index is -0.502. The lowest BCUT2D eigenvalue weighted by Crippen LogP contribution is -2.22. The minimum Gasteiger partial charge on any atom is -0.399 e. The van der Waals surface area contributed by atoms with Crippen LogP contribution in [-0.2, 0) is 6.54 Å². The van der Waals surface area contributed by atoms with Crippen LogP contribution in [0.2, 0.25) is 5.02 Å². The van der Waals surface area contributed by atoms with Gasteiger partial charge in [0, 0.05) is 30.0 Å². The van der Waals surface area contributed by atoms with Crippen LogP contribution < -0.4 is 16.4 Å². The van der Waals surface area contributed by atoms with E-state index in [-0.39, 0.29) is 0 Å². The summed E-state index contributed by atoms with van der Waals surface area (Å²) in [6.07, 6.45) is 0. The first-order valence-electron chi connectivity index (χ1n) is 6.13. The highest BCUT2D eigenvalue weighted by atomic mass is 35.5. The molecule has 0 spiro atoms. The highest BCUT2D eigenvalue weighted by Gasteiger charge is 2.13. The third kappa shape index (κ3) is 3.03. The van der Waals surface area contributed by atoms with Crippen molar-refractivity contribution in [3.8, 4) is 0 Å². The largest absolute Gasteiger partial charge is 0.399 e. The molecule has 0 aliphatic heterocycles. The van der Waals surface area contributed by atoms with E-state index >= 15 is 0 Å². The van der Waals surface area contributed by atoms with E-state index < -0.39 is 5.91 Å². The van der Waals surface area contributed by atoms with E-state index in [4.69, 9.17) is 23.1 Å². The number of nitrogen functional groups attached to an aromatic ring is 1. The molecule has 0 unspecified atom stereocenters. The number of primary amides is 1. The van der Waals surface area contributed by atoms with Crippen LogP contribution in [0.25, 0.3) is 0 Å². The number of carbonyl (C=O) groups excluding carboxylic acids is 1. The number of rotatable bonds is 4. The van der Waals surface area contributed by atoms with Gasteiger partial charge in [0.1, 0.15) is 0 Å². The van der Waals surface area contributed by atoms with Crippen molar-refractivity contribution in [2.75, 3.05) is 17.7 Å². The van der Waals surface area contributed by atoms with Crippen molar-refractivity contribution in [2.24, 2.45) is 5.73 Å². The molecular weight excluding hydrogens is 274 g/mol. The van der Waals surface area contributed by atoms with Gasteiger partial charge in [-0.05, 0) is 29.8 Å². The van der Waals surface area contributed by atoms with E-state index in [1.54, 1.807) is 18.2 Å². The number of nitrogens with zero attached hydrogens (tertiary/aromatic N) is 1. The zero-order chi connectivity index (χ0) is 14.7. The molecule has 0 heterocycles. The van der Waals surface area contributed by atoms with Crippen LogP contribution in [0.3, 0.4) is 0 Å². The zero-order valence-electron chi connectivity index (χ0n) is 11.1. The minimum absolute atomic E-state index is 0.402. The number of carbonyl (C=O) groups is 1. The summed E-state index contributed by atoms with van der Waals surface area (Å²) in [6.45, 7) is 0.573. The Bertz CT molecular complexity index is 643. The van der Waals surface area contributed by atoms with Gasteiger partial charge in [-0.1, -0.05) is 29.8 Å². The first-order chi connectivity index (χ1) is 9.49. The number of benzene rings is 2. The summed E-state index contributed by atoms with van der Waals surface area (Å²) in [5, 5.41) is 0.690. The number of amides is 1. The van der Waals surface area contributed by atoms with Crippen molar-refractivity contribution >= 4 is 28.9 Å². The molecule has 0 aliphatic rings. The molecule has 4 N–H and O–H groups in total. The molecule has 4 nitrogen and oxygen atoms in total. The number of hydrogen-bond donors (Lipinski definition) is 2. The summed E-state index contributed by atoms with van der Waals surface area (Å²) in [5.74, 6) is -0.502. The number of halogens is 1. The second kappa shape index (κ2) is 5.84. The maximum atomic E-state index is 11.5. The standard InChI is InChI=1S/C15H16ClN3O/c1-19(9-10-4-2-3-5-13(10)16)14-7-6-11(17)8-12(14)15(18)20/h2-8H,9,17H2,1H3,(H2,18,20). The molecule has 0 atom stereocenters. The summed E-state index contributed by atoms with van der Waals surface area (Å²) in [5.41, 5.74) is 13.7. The van der Waals surface area contributed by atoms with E-state index in [1.165, 1.54) is 0 Å². The molecule has 0 aliphatic carbocycles. The third-order valence-electron chi connectivity index (χ3n) is 3.06. The van der Waals surface area contributed by atoms with Crippen molar-refractivity contribution < 1.29 is 4.79 Å². The average molecular weight is 290 g/mol. The predicted octanol–water partition coefficient (Wildman–Crippen LogP) is 2.66. The van der Waals surface area contributed by atoms with Gasteiger partial charge in [-0.3, -0.25) is 4.79 Å². The molecule has 0 aromatic heterocycles. The first kappa shape index (κ1) is 14.2. The van der Waals surface area contributed by atoms with Gasteiger partial charge in [0.25, 0.3) is 5.91 Å². The number of hydrogen-bond acceptors (Lipinski definition) is 3. The Morgan fingerprint density at radius 1 is 1.25 bits per heavy atom. The Kier molecular flexibility index (Phi) is 4.15. The Hall–Kier alpha value is -2.20. The molecule has 0 saturated heterocycles. The normalized spacial score (nSPS) is 10.3. The molecule has 2 aromatic carbocycles. The van der Waals surface area contributed by atoms with Gasteiger partial charge in [-0.15, -0.1) is 0 Å². The highest BCUT2D eigenvalue weighted by Crippen LogP contribution is 2.25. The van der Waals surface area contributed by atoms with E-state index in [1.807, 2.05) is 36.2 Å². The Labute approximate surface area is 122 Å². The maximum absolute atomic E-state index is 11.5. The van der Waals surface area contributed by atoms with Gasteiger partial charge < -0.3 is 16.4 Å². The lowest BCUT2D eigenvalue weighted by atomic mass is 10.1. The van der Waals surface area contributed by atoms with Crippen LogP contribution in [0.15, 0.2) is 42.5 Å². The Balaban J connectivity index is 2.32. The van der Waals surface area contributed by atoms with E-state index in [9.17, 15) is 4.79 Å². The third-order valence-corrected chi connectivity index (χ3v) is 3.43. The lowest BCUT2D eigenvalue weighted by Gasteiger charge is -2.22. The topological polar surface area (TPSA) is 72.3 Å². The SMILES string of the molecule is CN(Cc1ccccc1Cl)c1ccc(N)cc1C(N)=O. The predicted molar refractivity (Wildman–Crippen MR) is 82.9 cm³/mol. The van der Waals surface area contributed by atoms with Crippen LogP contribution in [0.4, 0.5) is 11.4 Å². The van der Waals surface area contributed by atoms with Crippen molar-refractivity contribution in [3.05, 3.63) is 58.6 Å². The molecule has 0 radical (unpaired) electrons. The van der Waals surface area contributed by atoms with E-state index in [0.717, 1.165) is 11.3 Å². The summed E-state index contributed by atoms with van der Waals surface area (Å²) < 4.78 is 0. The molecule has 20 heavy (non-hydrogen) atoms. The lowest BCUT2D eigenvalue weighted by molar-refractivity contribution is 0.100. The van der Waals surface area contributed by atoms with Gasteiger partial charge in [0.05, 0.1) is 5.56 Å². The molecule has 0 saturated carbocycles. The fourth-order valence-electron chi connectivity index (χ4n) is 2.05. The molecule has 104 valence electrons. The summed E-state index contributed by atoms with van der Waals surface area (Å²) in [4.78, 5) is 13.4. The van der Waals surface area contributed by atoms with Crippen LogP contribution in [0.1, 0.15) is 15.9 Å². The highest BCUT2D eigenvalue weighted by molar-refractivity contribution is 6.31. The molecule has 5 heteroatoms. The second-order valence-corrected chi connectivity index (χ2v) is 5.00. The number of nitrogens with two attached hydrogens (primary N) is 2. The maximum Gasteiger partial charge on any atom is 0.250 e. The summed E-state index contributed by atoms with van der Waals surface area (Å²) >= 11 is 6.15. The summed E-state index contributed by atoms with van der Waals surface area (Å²) in [7, 11) is 1.88. The van der Waals surface area contributed by atoms with Crippen molar-refractivity contribution in [2.45, 2.75) is 6.54 Å². The average Bonchev–Trinajstić information content (AvgIpc) is 2.41. The number of anilines is 2. The van der Waals surface area contributed by atoms with Gasteiger partial charge in [0.2, 0.25) is 0 Å². The van der Waals surface area contributed by atoms with Crippen molar-refractivity contribution in [1.29, 1.82) is 0 Å². The monoisotopic (exact) mass is 289 g/mol.